The molecule has 27 heavy (non-hydrogen) atoms. The number of halogens is 1. The molecule has 2 aromatic carbocycles. The van der Waals surface area contributed by atoms with Crippen molar-refractivity contribution in [2.75, 3.05) is 19.5 Å². The van der Waals surface area contributed by atoms with Crippen LogP contribution in [0.3, 0.4) is 0 Å². The van der Waals surface area contributed by atoms with Crippen molar-refractivity contribution < 1.29 is 19.1 Å². The fourth-order valence-corrected chi connectivity index (χ4v) is 2.63. The van der Waals surface area contributed by atoms with E-state index in [0.717, 1.165) is 4.47 Å². The molecule has 0 aromatic heterocycles. The second-order valence-electron chi connectivity index (χ2n) is 5.59. The first kappa shape index (κ1) is 20.4. The molecule has 0 atom stereocenters. The zero-order chi connectivity index (χ0) is 19.8. The van der Waals surface area contributed by atoms with Gasteiger partial charge in [-0.05, 0) is 43.3 Å². The van der Waals surface area contributed by atoms with Crippen molar-refractivity contribution in [2.45, 2.75) is 13.3 Å². The van der Waals surface area contributed by atoms with Gasteiger partial charge in [-0.15, -0.1) is 0 Å². The topological polar surface area (TPSA) is 89.0 Å². The highest BCUT2D eigenvalue weighted by Crippen LogP contribution is 2.27. The van der Waals surface area contributed by atoms with Crippen LogP contribution >= 0.6 is 15.9 Å². The van der Waals surface area contributed by atoms with Gasteiger partial charge in [0.2, 0.25) is 5.91 Å². The van der Waals surface area contributed by atoms with Gasteiger partial charge in [0.15, 0.2) is 11.5 Å². The highest BCUT2D eigenvalue weighted by atomic mass is 79.9. The Morgan fingerprint density at radius 3 is 2.48 bits per heavy atom. The van der Waals surface area contributed by atoms with Crippen molar-refractivity contribution in [3.05, 3.63) is 52.5 Å². The van der Waals surface area contributed by atoms with Gasteiger partial charge in [0.05, 0.1) is 20.6 Å². The van der Waals surface area contributed by atoms with E-state index < -0.39 is 5.91 Å². The lowest BCUT2D eigenvalue weighted by molar-refractivity contribution is -0.115. The minimum atomic E-state index is -0.414. The lowest BCUT2D eigenvalue weighted by Gasteiger charge is -2.09. The van der Waals surface area contributed by atoms with Gasteiger partial charge in [-0.3, -0.25) is 9.59 Å². The molecule has 2 rings (SSSR count). The van der Waals surface area contributed by atoms with Crippen LogP contribution in [0.5, 0.6) is 11.5 Å². The molecular formula is C19H20BrN3O4. The number of ether oxygens (including phenoxy) is 2. The maximum Gasteiger partial charge on any atom is 0.271 e. The Balaban J connectivity index is 1.94. The van der Waals surface area contributed by atoms with Crippen molar-refractivity contribution in [1.29, 1.82) is 0 Å². The van der Waals surface area contributed by atoms with Crippen molar-refractivity contribution in [2.24, 2.45) is 5.10 Å². The van der Waals surface area contributed by atoms with Gasteiger partial charge >= 0.3 is 0 Å². The number of benzene rings is 2. The molecule has 0 saturated heterocycles. The number of hydrazone groups is 1. The Labute approximate surface area is 165 Å². The SMILES string of the molecule is COc1ccc(C(=O)N/N=C(/C)CC(=O)Nc2cccc(Br)c2)cc1OC. The normalized spacial score (nSPS) is 10.9. The summed E-state index contributed by atoms with van der Waals surface area (Å²) in [4.78, 5) is 24.3. The van der Waals surface area contributed by atoms with Crippen LogP contribution in [0.25, 0.3) is 0 Å². The van der Waals surface area contributed by atoms with Gasteiger partial charge in [0.1, 0.15) is 0 Å². The third-order valence-electron chi connectivity index (χ3n) is 3.52. The molecule has 0 bridgehead atoms. The minimum absolute atomic E-state index is 0.0543. The molecule has 0 fully saturated rings. The van der Waals surface area contributed by atoms with E-state index in [4.69, 9.17) is 9.47 Å². The Morgan fingerprint density at radius 1 is 1.07 bits per heavy atom. The van der Waals surface area contributed by atoms with E-state index in [0.29, 0.717) is 28.5 Å². The van der Waals surface area contributed by atoms with Gasteiger partial charge in [-0.25, -0.2) is 5.43 Å². The zero-order valence-electron chi connectivity index (χ0n) is 15.2. The Morgan fingerprint density at radius 2 is 1.81 bits per heavy atom. The van der Waals surface area contributed by atoms with Crippen molar-refractivity contribution in [3.8, 4) is 11.5 Å². The molecule has 0 radical (unpaired) electrons. The van der Waals surface area contributed by atoms with E-state index in [1.807, 2.05) is 12.1 Å². The molecule has 0 heterocycles. The first-order valence-electron chi connectivity index (χ1n) is 8.04. The number of methoxy groups -OCH3 is 2. The first-order chi connectivity index (χ1) is 12.9. The average Bonchev–Trinajstić information content (AvgIpc) is 2.65. The Hall–Kier alpha value is -2.87. The molecule has 8 heteroatoms. The van der Waals surface area contributed by atoms with E-state index in [1.165, 1.54) is 14.2 Å². The molecule has 2 amide bonds. The maximum absolute atomic E-state index is 12.2. The smallest absolute Gasteiger partial charge is 0.271 e. The van der Waals surface area contributed by atoms with Crippen LogP contribution in [0.1, 0.15) is 23.7 Å². The van der Waals surface area contributed by atoms with Crippen LogP contribution in [0.2, 0.25) is 0 Å². The third kappa shape index (κ3) is 6.10. The number of hydrogen-bond acceptors (Lipinski definition) is 5. The quantitative estimate of drug-likeness (QED) is 0.515. The van der Waals surface area contributed by atoms with Gasteiger partial charge in [-0.1, -0.05) is 22.0 Å². The van der Waals surface area contributed by atoms with Gasteiger partial charge < -0.3 is 14.8 Å². The summed E-state index contributed by atoms with van der Waals surface area (Å²) in [7, 11) is 3.01. The molecule has 7 nitrogen and oxygen atoms in total. The van der Waals surface area contributed by atoms with Crippen LogP contribution in [-0.2, 0) is 4.79 Å². The molecule has 0 spiro atoms. The molecule has 0 saturated carbocycles. The average molecular weight is 434 g/mol. The zero-order valence-corrected chi connectivity index (χ0v) is 16.8. The van der Waals surface area contributed by atoms with E-state index >= 15 is 0 Å². The lowest BCUT2D eigenvalue weighted by atomic mass is 10.2. The van der Waals surface area contributed by atoms with Crippen LogP contribution < -0.4 is 20.2 Å². The molecule has 0 aliphatic carbocycles. The maximum atomic E-state index is 12.2. The number of rotatable bonds is 7. The number of carbonyl (C=O) groups is 2. The summed E-state index contributed by atoms with van der Waals surface area (Å²) in [6, 6.07) is 12.1. The van der Waals surface area contributed by atoms with Crippen LogP contribution in [0.15, 0.2) is 52.0 Å². The second kappa shape index (κ2) is 9.72. The van der Waals surface area contributed by atoms with E-state index in [2.05, 4.69) is 31.8 Å². The van der Waals surface area contributed by atoms with Crippen molar-refractivity contribution >= 4 is 39.1 Å². The number of carbonyl (C=O) groups excluding carboxylic acids is 2. The summed E-state index contributed by atoms with van der Waals surface area (Å²) in [5.74, 6) is 0.328. The summed E-state index contributed by atoms with van der Waals surface area (Å²) in [5.41, 5.74) is 3.94. The minimum Gasteiger partial charge on any atom is -0.493 e. The molecule has 142 valence electrons. The fraction of sp³-hybridized carbons (Fsp3) is 0.211. The fourth-order valence-electron chi connectivity index (χ4n) is 2.23. The highest BCUT2D eigenvalue weighted by Gasteiger charge is 2.11. The number of amides is 2. The van der Waals surface area contributed by atoms with Crippen LogP contribution in [0, 0.1) is 0 Å². The number of hydrogen-bond donors (Lipinski definition) is 2. The molecular weight excluding hydrogens is 414 g/mol. The molecule has 0 aliphatic heterocycles. The summed E-state index contributed by atoms with van der Waals surface area (Å²) >= 11 is 3.35. The van der Waals surface area contributed by atoms with Gasteiger partial charge in [0, 0.05) is 21.4 Å². The lowest BCUT2D eigenvalue weighted by Crippen LogP contribution is -2.21. The van der Waals surface area contributed by atoms with E-state index in [1.54, 1.807) is 37.3 Å². The monoisotopic (exact) mass is 433 g/mol. The largest absolute Gasteiger partial charge is 0.493 e. The molecule has 2 N–H and O–H groups in total. The number of nitrogens with zero attached hydrogens (tertiary/aromatic N) is 1. The van der Waals surface area contributed by atoms with E-state index in [-0.39, 0.29) is 12.3 Å². The predicted molar refractivity (Wildman–Crippen MR) is 108 cm³/mol. The summed E-state index contributed by atoms with van der Waals surface area (Å²) < 4.78 is 11.2. The van der Waals surface area contributed by atoms with Gasteiger partial charge in [-0.2, -0.15) is 5.10 Å². The Kier molecular flexibility index (Phi) is 7.36. The predicted octanol–water partition coefficient (Wildman–Crippen LogP) is 3.60. The standard InChI is InChI=1S/C19H20BrN3O4/c1-12(9-18(24)21-15-6-4-5-14(20)11-15)22-23-19(25)13-7-8-16(26-2)17(10-13)27-3/h4-8,10-11H,9H2,1-3H3,(H,21,24)(H,23,25)/b22-12-. The van der Waals surface area contributed by atoms with Crippen LogP contribution in [-0.4, -0.2) is 31.7 Å². The van der Waals surface area contributed by atoms with Crippen molar-refractivity contribution in [1.82, 2.24) is 5.43 Å². The summed E-state index contributed by atoms with van der Waals surface area (Å²) in [6.07, 6.45) is 0.0543. The third-order valence-corrected chi connectivity index (χ3v) is 4.01. The highest BCUT2D eigenvalue weighted by molar-refractivity contribution is 9.10. The number of nitrogens with one attached hydrogen (secondary N) is 2. The van der Waals surface area contributed by atoms with Gasteiger partial charge in [0.25, 0.3) is 5.91 Å². The number of anilines is 1. The van der Waals surface area contributed by atoms with Crippen molar-refractivity contribution in [3.63, 3.8) is 0 Å². The summed E-state index contributed by atoms with van der Waals surface area (Å²) in [6.45, 7) is 1.66. The molecule has 0 aliphatic rings. The van der Waals surface area contributed by atoms with Crippen LogP contribution in [0.4, 0.5) is 5.69 Å². The summed E-state index contributed by atoms with van der Waals surface area (Å²) in [5, 5.41) is 6.74. The Bertz CT molecular complexity index is 868. The first-order valence-corrected chi connectivity index (χ1v) is 8.83. The second-order valence-corrected chi connectivity index (χ2v) is 6.51. The van der Waals surface area contributed by atoms with E-state index in [9.17, 15) is 9.59 Å². The molecule has 2 aromatic rings. The molecule has 0 unspecified atom stereocenters.